The maximum absolute atomic E-state index is 13.7. The fraction of sp³-hybridized carbons (Fsp3) is 0.500. The average Bonchev–Trinajstić information content (AvgIpc) is 2.64. The number of hydrogen-bond acceptors (Lipinski definition) is 3. The molecule has 5 heteroatoms. The SMILES string of the molecule is CCCC[C@@H]1C(=O)N(C)CCN1C(=O)c1c(C)c(C)nc2ccc(C)cc12. The van der Waals surface area contributed by atoms with Crippen molar-refractivity contribution < 1.29 is 9.59 Å². The number of unbranched alkanes of at least 4 members (excludes halogenated alkanes) is 1. The Bertz CT molecular complexity index is 891. The summed E-state index contributed by atoms with van der Waals surface area (Å²) in [5.74, 6) is 0.00289. The number of pyridine rings is 1. The highest BCUT2D eigenvalue weighted by Gasteiger charge is 2.36. The van der Waals surface area contributed by atoms with Crippen LogP contribution in [0.5, 0.6) is 0 Å². The molecule has 2 amide bonds. The van der Waals surface area contributed by atoms with Crippen molar-refractivity contribution in [1.82, 2.24) is 14.8 Å². The van der Waals surface area contributed by atoms with Gasteiger partial charge < -0.3 is 9.80 Å². The van der Waals surface area contributed by atoms with Gasteiger partial charge in [0, 0.05) is 31.2 Å². The molecule has 0 radical (unpaired) electrons. The van der Waals surface area contributed by atoms with Crippen molar-refractivity contribution >= 4 is 22.7 Å². The van der Waals surface area contributed by atoms with Crippen LogP contribution in [0, 0.1) is 20.8 Å². The van der Waals surface area contributed by atoms with Crippen molar-refractivity contribution in [2.75, 3.05) is 20.1 Å². The number of amides is 2. The summed E-state index contributed by atoms with van der Waals surface area (Å²) in [6, 6.07) is 5.64. The molecule has 1 aliphatic heterocycles. The summed E-state index contributed by atoms with van der Waals surface area (Å²) in [4.78, 5) is 34.6. The Morgan fingerprint density at radius 2 is 1.96 bits per heavy atom. The Hall–Kier alpha value is -2.43. The lowest BCUT2D eigenvalue weighted by molar-refractivity contribution is -0.138. The van der Waals surface area contributed by atoms with E-state index in [9.17, 15) is 9.59 Å². The van der Waals surface area contributed by atoms with E-state index in [0.717, 1.165) is 40.6 Å². The molecule has 144 valence electrons. The molecule has 1 aromatic heterocycles. The van der Waals surface area contributed by atoms with Crippen LogP contribution in [0.1, 0.15) is 53.4 Å². The predicted molar refractivity (Wildman–Crippen MR) is 108 cm³/mol. The fourth-order valence-electron chi connectivity index (χ4n) is 3.85. The molecule has 0 aliphatic carbocycles. The summed E-state index contributed by atoms with van der Waals surface area (Å²) >= 11 is 0. The number of piperazine rings is 1. The van der Waals surface area contributed by atoms with Crippen LogP contribution in [0.15, 0.2) is 18.2 Å². The lowest BCUT2D eigenvalue weighted by Crippen LogP contribution is -2.57. The highest BCUT2D eigenvalue weighted by molar-refractivity contribution is 6.09. The first-order valence-corrected chi connectivity index (χ1v) is 9.78. The zero-order valence-corrected chi connectivity index (χ0v) is 17.0. The van der Waals surface area contributed by atoms with E-state index in [-0.39, 0.29) is 17.9 Å². The van der Waals surface area contributed by atoms with Crippen molar-refractivity contribution in [1.29, 1.82) is 0 Å². The minimum absolute atomic E-state index is 0.0452. The summed E-state index contributed by atoms with van der Waals surface area (Å²) in [5, 5.41) is 0.878. The minimum Gasteiger partial charge on any atom is -0.342 e. The van der Waals surface area contributed by atoms with Crippen molar-refractivity contribution in [3.63, 3.8) is 0 Å². The highest BCUT2D eigenvalue weighted by atomic mass is 16.2. The van der Waals surface area contributed by atoms with E-state index in [2.05, 4.69) is 11.9 Å². The second-order valence-corrected chi connectivity index (χ2v) is 7.63. The molecule has 0 bridgehead atoms. The van der Waals surface area contributed by atoms with Gasteiger partial charge in [-0.05, 0) is 44.9 Å². The van der Waals surface area contributed by atoms with E-state index < -0.39 is 0 Å². The summed E-state index contributed by atoms with van der Waals surface area (Å²) in [6.07, 6.45) is 2.65. The Morgan fingerprint density at radius 3 is 2.67 bits per heavy atom. The molecule has 1 fully saturated rings. The number of nitrogens with zero attached hydrogens (tertiary/aromatic N) is 3. The Morgan fingerprint density at radius 1 is 1.22 bits per heavy atom. The molecule has 1 aromatic carbocycles. The number of carbonyl (C=O) groups is 2. The third kappa shape index (κ3) is 3.55. The number of hydrogen-bond donors (Lipinski definition) is 0. The minimum atomic E-state index is -0.371. The summed E-state index contributed by atoms with van der Waals surface area (Å²) in [5.41, 5.74) is 4.38. The van der Waals surface area contributed by atoms with Crippen LogP contribution in [0.3, 0.4) is 0 Å². The highest BCUT2D eigenvalue weighted by Crippen LogP contribution is 2.28. The standard InChI is InChI=1S/C22H29N3O2/c1-6-7-8-19-21(26)24(5)11-12-25(19)22(27)20-15(3)16(4)23-18-10-9-14(2)13-17(18)20/h9-10,13,19H,6-8,11-12H2,1-5H3/t19-/m1/s1. The molecule has 1 atom stereocenters. The molecule has 0 saturated carbocycles. The lowest BCUT2D eigenvalue weighted by atomic mass is 9.97. The second kappa shape index (κ2) is 7.67. The van der Waals surface area contributed by atoms with Gasteiger partial charge in [-0.15, -0.1) is 0 Å². The van der Waals surface area contributed by atoms with Gasteiger partial charge in [-0.1, -0.05) is 31.4 Å². The first-order chi connectivity index (χ1) is 12.8. The zero-order valence-electron chi connectivity index (χ0n) is 17.0. The largest absolute Gasteiger partial charge is 0.342 e. The second-order valence-electron chi connectivity index (χ2n) is 7.63. The Kier molecular flexibility index (Phi) is 5.49. The normalized spacial score (nSPS) is 17.7. The molecular formula is C22H29N3O2. The molecule has 1 saturated heterocycles. The van der Waals surface area contributed by atoms with Crippen molar-refractivity contribution in [3.05, 3.63) is 40.6 Å². The average molecular weight is 367 g/mol. The third-order valence-corrected chi connectivity index (χ3v) is 5.65. The molecule has 5 nitrogen and oxygen atoms in total. The molecule has 27 heavy (non-hydrogen) atoms. The van der Waals surface area contributed by atoms with Crippen LogP contribution in [-0.4, -0.2) is 52.8 Å². The van der Waals surface area contributed by atoms with Crippen LogP contribution in [-0.2, 0) is 4.79 Å². The maximum Gasteiger partial charge on any atom is 0.255 e. The molecular weight excluding hydrogens is 338 g/mol. The summed E-state index contributed by atoms with van der Waals surface area (Å²) in [6.45, 7) is 9.17. The van der Waals surface area contributed by atoms with Crippen LogP contribution in [0.2, 0.25) is 0 Å². The van der Waals surface area contributed by atoms with Crippen LogP contribution < -0.4 is 0 Å². The van der Waals surface area contributed by atoms with Crippen LogP contribution in [0.25, 0.3) is 10.9 Å². The molecule has 0 unspecified atom stereocenters. The predicted octanol–water partition coefficient (Wildman–Crippen LogP) is 3.63. The van der Waals surface area contributed by atoms with Gasteiger partial charge in [0.1, 0.15) is 6.04 Å². The quantitative estimate of drug-likeness (QED) is 0.829. The van der Waals surface area contributed by atoms with E-state index in [0.29, 0.717) is 25.1 Å². The van der Waals surface area contributed by atoms with E-state index >= 15 is 0 Å². The van der Waals surface area contributed by atoms with E-state index in [4.69, 9.17) is 0 Å². The molecule has 2 aromatic rings. The van der Waals surface area contributed by atoms with Crippen molar-refractivity contribution in [2.24, 2.45) is 0 Å². The smallest absolute Gasteiger partial charge is 0.255 e. The molecule has 0 spiro atoms. The first kappa shape index (κ1) is 19.3. The van der Waals surface area contributed by atoms with Gasteiger partial charge in [0.15, 0.2) is 0 Å². The number of fused-ring (bicyclic) bond motifs is 1. The van der Waals surface area contributed by atoms with Crippen molar-refractivity contribution in [3.8, 4) is 0 Å². The fourth-order valence-corrected chi connectivity index (χ4v) is 3.85. The third-order valence-electron chi connectivity index (χ3n) is 5.65. The monoisotopic (exact) mass is 367 g/mol. The summed E-state index contributed by atoms with van der Waals surface area (Å²) in [7, 11) is 1.82. The van der Waals surface area contributed by atoms with E-state index in [1.165, 1.54) is 0 Å². The maximum atomic E-state index is 13.7. The number of rotatable bonds is 4. The van der Waals surface area contributed by atoms with E-state index in [1.807, 2.05) is 46.0 Å². The topological polar surface area (TPSA) is 53.5 Å². The van der Waals surface area contributed by atoms with Crippen LogP contribution in [0.4, 0.5) is 0 Å². The number of aromatic nitrogens is 1. The Balaban J connectivity index is 2.09. The number of carbonyl (C=O) groups excluding carboxylic acids is 2. The molecule has 2 heterocycles. The van der Waals surface area contributed by atoms with Gasteiger partial charge in [0.2, 0.25) is 5.91 Å². The summed E-state index contributed by atoms with van der Waals surface area (Å²) < 4.78 is 0. The number of aryl methyl sites for hydroxylation is 2. The zero-order chi connectivity index (χ0) is 19.7. The lowest BCUT2D eigenvalue weighted by Gasteiger charge is -2.39. The first-order valence-electron chi connectivity index (χ1n) is 9.78. The van der Waals surface area contributed by atoms with Gasteiger partial charge >= 0.3 is 0 Å². The van der Waals surface area contributed by atoms with Gasteiger partial charge in [-0.3, -0.25) is 14.6 Å². The molecule has 3 rings (SSSR count). The number of likely N-dealkylation sites (N-methyl/N-ethyl adjacent to an activating group) is 1. The van der Waals surface area contributed by atoms with Gasteiger partial charge in [-0.25, -0.2) is 0 Å². The number of benzene rings is 1. The molecule has 0 N–H and O–H groups in total. The van der Waals surface area contributed by atoms with Gasteiger partial charge in [-0.2, -0.15) is 0 Å². The van der Waals surface area contributed by atoms with E-state index in [1.54, 1.807) is 9.80 Å². The van der Waals surface area contributed by atoms with Crippen molar-refractivity contribution in [2.45, 2.75) is 53.0 Å². The Labute approximate surface area is 161 Å². The molecule has 1 aliphatic rings. The van der Waals surface area contributed by atoms with Gasteiger partial charge in [0.05, 0.1) is 11.1 Å². The van der Waals surface area contributed by atoms with Gasteiger partial charge in [0.25, 0.3) is 5.91 Å². The van der Waals surface area contributed by atoms with Crippen LogP contribution >= 0.6 is 0 Å².